The second kappa shape index (κ2) is 67.8. The molecule has 32 heteroatoms. The number of benzene rings is 9. The smallest absolute Gasteiger partial charge is 0.465 e. The van der Waals surface area contributed by atoms with Crippen LogP contribution in [0, 0.1) is 0 Å². The third kappa shape index (κ3) is 45.4. The van der Waals surface area contributed by atoms with Crippen LogP contribution in [-0.4, -0.2) is 293 Å². The first-order valence-corrected chi connectivity index (χ1v) is 61.6. The molecule has 8 saturated heterocycles. The Morgan fingerprint density at radius 2 is 0.829 bits per heavy atom. The first kappa shape index (κ1) is 125. The first-order valence-electron chi connectivity index (χ1n) is 50.4. The number of amides is 2. The van der Waals surface area contributed by atoms with Gasteiger partial charge in [-0.2, -0.15) is 0 Å². The summed E-state index contributed by atoms with van der Waals surface area (Å²) in [4.78, 5) is 91.8. The summed E-state index contributed by atoms with van der Waals surface area (Å²) in [5.74, 6) is 3.64. The summed E-state index contributed by atoms with van der Waals surface area (Å²) in [5, 5.41) is 20.2. The number of nitrogens with one attached hydrogen (secondary N) is 2. The molecular weight excluding hydrogens is 2240 g/mol. The normalized spacial score (nSPS) is 18.3. The molecule has 4 N–H and O–H groups in total. The van der Waals surface area contributed by atoms with Crippen LogP contribution in [-0.2, 0) is 31.3 Å². The third-order valence-electron chi connectivity index (χ3n) is 27.6. The lowest BCUT2D eigenvalue weighted by Crippen LogP contribution is -2.40. The average molecular weight is 2390 g/mol. The molecule has 10 aromatic rings. The highest BCUT2D eigenvalue weighted by atomic mass is 79.9. The van der Waals surface area contributed by atoms with E-state index in [1.54, 1.807) is 6.33 Å². The maximum atomic E-state index is 12.6. The minimum absolute atomic E-state index is 0.000546. The molecule has 0 aliphatic carbocycles. The van der Waals surface area contributed by atoms with Gasteiger partial charge in [0.05, 0.1) is 48.3 Å². The topological polar surface area (TPSA) is 222 Å². The molecule has 9 aromatic carbocycles. The number of carbonyl (C=O) groups is 6. The second-order valence-corrected chi connectivity index (χ2v) is 50.4. The van der Waals surface area contributed by atoms with Crippen molar-refractivity contribution < 1.29 is 43.7 Å². The minimum atomic E-state index is -1.72. The number of H-pyrrole nitrogens is 1. The fourth-order valence-corrected chi connectivity index (χ4v) is 19.4. The molecule has 146 heavy (non-hydrogen) atoms. The van der Waals surface area contributed by atoms with Crippen molar-refractivity contribution in [1.29, 1.82) is 0 Å². The lowest BCUT2D eigenvalue weighted by Gasteiger charge is -2.36. The van der Waals surface area contributed by atoms with Gasteiger partial charge in [0.25, 0.3) is 0 Å². The number of Topliss-reactive ketones (excluding diaryl/α,β-unsaturated/α-hetero) is 1. The molecule has 0 saturated carbocycles. The number of fused-ring (bicyclic) bond motifs is 1. The van der Waals surface area contributed by atoms with Crippen LogP contribution in [0.4, 0.5) is 10.5 Å². The first-order chi connectivity index (χ1) is 70.1. The van der Waals surface area contributed by atoms with Crippen LogP contribution in [0.1, 0.15) is 203 Å². The van der Waals surface area contributed by atoms with Crippen LogP contribution < -0.4 is 10.2 Å². The fourth-order valence-electron chi connectivity index (χ4n) is 18.3. The summed E-state index contributed by atoms with van der Waals surface area (Å²) in [5.41, 5.74) is 16.7. The number of aromatic nitrogens is 2. The summed E-state index contributed by atoms with van der Waals surface area (Å²) in [7, 11) is 34.6. The van der Waals surface area contributed by atoms with Gasteiger partial charge in [0.1, 0.15) is 12.1 Å². The molecule has 21 nitrogen and oxygen atoms in total. The van der Waals surface area contributed by atoms with Crippen molar-refractivity contribution in [2.45, 2.75) is 144 Å². The van der Waals surface area contributed by atoms with Gasteiger partial charge in [-0.05, 0) is 406 Å². The molecule has 9 aliphatic rings. The molecule has 10 heterocycles. The monoisotopic (exact) mass is 2380 g/mol. The zero-order valence-electron chi connectivity index (χ0n) is 86.5. The van der Waals surface area contributed by atoms with E-state index in [1.165, 1.54) is 162 Å². The van der Waals surface area contributed by atoms with Gasteiger partial charge in [-0.15, -0.1) is 8.58 Å². The Bertz CT molecular complexity index is 5440. The Labute approximate surface area is 930 Å². The number of nitrogens with zero attached hydrogens (tertiary/aromatic N) is 10. The zero-order valence-corrected chi connectivity index (χ0v) is 98.8. The lowest BCUT2D eigenvalue weighted by molar-refractivity contribution is -0.127. The number of rotatable bonds is 13. The van der Waals surface area contributed by atoms with Crippen LogP contribution in [0.2, 0.25) is 0 Å². The largest absolute Gasteiger partial charge is 0.643 e. The number of aliphatic hydroxyl groups is 2. The van der Waals surface area contributed by atoms with Gasteiger partial charge < -0.3 is 64.4 Å². The van der Waals surface area contributed by atoms with Crippen molar-refractivity contribution in [1.82, 2.24) is 54.5 Å². The maximum absolute atomic E-state index is 12.6. The number of likely N-dealkylation sites (N-methyl/N-ethyl adjacent to an activating group) is 1. The van der Waals surface area contributed by atoms with E-state index in [0.29, 0.717) is 41.6 Å². The van der Waals surface area contributed by atoms with E-state index < -0.39 is 27.5 Å². The van der Waals surface area contributed by atoms with Crippen LogP contribution in [0.15, 0.2) is 249 Å². The lowest BCUT2D eigenvalue weighted by atomic mass is 9.85. The van der Waals surface area contributed by atoms with E-state index in [-0.39, 0.29) is 24.6 Å². The number of anilines is 1. The number of aromatic amines is 1. The number of carbonyl (C=O) groups excluding carboxylic acids is 6. The SMILES string of the molecule is Brc1ccc(Br)cc1.CN1CC=C(c2ccc(Br)cc2)CC1.CN1CCC(=O)CC1.CN1CCC(O)(c2ccc(Br)cc2)CC1.CN1CCC(c2ccc(C3CNC(=O)N3c3ccc4nc[nH]c4c3)cc2)CC1.CN1CCC(c2ccc(C=O)cc2)CC1.CN1CCC(c2ccc(CO)cc2)CC1.CN1CCC(c2ccccc2)CC1.COC(=O)c1ccc(C2CCN(C)CC2)cc1.CPC.O=C(Cl)C(=O)Cl.[Cl][Al]([Cl])[Cl]. The minimum Gasteiger partial charge on any atom is -0.465 e. The molecule has 0 spiro atoms. The number of aliphatic hydroxyl groups excluding tert-OH is 1. The van der Waals surface area contributed by atoms with E-state index in [0.717, 1.165) is 163 Å². The zero-order chi connectivity index (χ0) is 106. The number of urea groups is 1. The third-order valence-corrected chi connectivity index (χ3v) is 30.2. The Morgan fingerprint density at radius 1 is 0.473 bits per heavy atom. The molecule has 1 aromatic heterocycles. The van der Waals surface area contributed by atoms with Gasteiger partial charge >= 0.3 is 33.9 Å². The number of hydrogen-bond donors (Lipinski definition) is 4. The number of hydrogen-bond acceptors (Lipinski definition) is 18. The molecule has 2 amide bonds. The standard InChI is InChI=1S/C22H25N5O.C14H19NO2.C13H19NO.C13H17NO.C12H16BrNO.C12H14BrN.C12H17N.C6H4Br2.C6H11NO.C2Cl2O2.C2H7P.Al.3ClH/c1-26-10-8-16(9-11-26)15-2-4-17(5-3-15)21-13-23-22(28)27(21)18-6-7-19-20(12-18)25-14-24-19;1-15-9-7-12(8-10-15)11-3-5-13(6-4-11)14(16)17-2;2*1-14-8-6-13(7-9-14)12-4-2-11(10-15)3-5-12;1-14-8-6-12(15,7-9-14)10-2-4-11(13)5-3-10;1-14-8-6-11(7-9-14)10-2-4-12(13)5-3-10;1-13-9-7-12(8-10-13)11-5-3-2-4-6-11;7-5-1-2-6(8)4-3-5;1-7-4-2-6(8)3-5-7;3-1(5)2(4)6;1-3-2;;;;/h2-7,12,14,16,21H,8-11,13H2,1H3,(H,23,28)(H,24,25);3-6,12H,7-10H2,1-2H3;2-5,13,15H,6-10H2,1H3;2-5,10,13H,6-9H2,1H3;2-5,15H,6-9H2,1H3;2-6H,7-9H2,1H3;2-6,12H,7-10H2,1H3;1-4H;2-5H2,1H3;;3H,1-2H3;;3*1H/q;;;;;;;;;;;+3;;;/p-3. The average Bonchev–Trinajstić information content (AvgIpc) is 1.61. The van der Waals surface area contributed by atoms with Crippen LogP contribution >= 0.6 is 126 Å². The molecule has 790 valence electrons. The molecule has 1 atom stereocenters. The number of imidazole rings is 1. The summed E-state index contributed by atoms with van der Waals surface area (Å²) in [6.07, 6.45) is 21.7. The highest BCUT2D eigenvalue weighted by Crippen LogP contribution is 2.38. The van der Waals surface area contributed by atoms with Crippen LogP contribution in [0.3, 0.4) is 0 Å². The molecule has 1 unspecified atom stereocenters. The number of ketones is 1. The Hall–Kier alpha value is -6.46. The van der Waals surface area contributed by atoms with Crippen molar-refractivity contribution in [3.63, 3.8) is 0 Å². The summed E-state index contributed by atoms with van der Waals surface area (Å²) < 4.78 is 9.12. The molecule has 9 aliphatic heterocycles. The van der Waals surface area contributed by atoms with E-state index >= 15 is 0 Å². The van der Waals surface area contributed by atoms with E-state index in [2.05, 4.69) is 325 Å². The maximum Gasteiger partial charge on any atom is 0.643 e. The summed E-state index contributed by atoms with van der Waals surface area (Å²) in [6.45, 7) is 23.1. The van der Waals surface area contributed by atoms with Crippen LogP contribution in [0.5, 0.6) is 0 Å². The Balaban J connectivity index is 0.000000201. The number of halogens is 9. The second-order valence-electron chi connectivity index (χ2n) is 38.6. The van der Waals surface area contributed by atoms with E-state index in [4.69, 9.17) is 40.0 Å². The number of piperidine rings is 7. The number of aldehydes is 1. The number of esters is 1. The van der Waals surface area contributed by atoms with Gasteiger partial charge in [-0.3, -0.25) is 24.1 Å². The van der Waals surface area contributed by atoms with Gasteiger partial charge in [0.15, 0.2) is 0 Å². The van der Waals surface area contributed by atoms with Crippen molar-refractivity contribution in [3.05, 3.63) is 310 Å². The Kier molecular flexibility index (Phi) is 58.0. The van der Waals surface area contributed by atoms with Crippen molar-refractivity contribution >= 4 is 194 Å². The quantitative estimate of drug-likeness (QED) is 0.0210. The van der Waals surface area contributed by atoms with Crippen molar-refractivity contribution in [3.8, 4) is 0 Å². The van der Waals surface area contributed by atoms with Gasteiger partial charge in [0, 0.05) is 87.8 Å². The predicted molar refractivity (Wildman–Crippen MR) is 625 cm³/mol. The van der Waals surface area contributed by atoms with Gasteiger partial charge in [0.2, 0.25) is 0 Å². The molecule has 0 radical (unpaired) electrons. The number of ether oxygens (including phenoxy) is 1. The predicted octanol–water partition coefficient (Wildman–Crippen LogP) is 24.9. The molecule has 19 rings (SSSR count). The summed E-state index contributed by atoms with van der Waals surface area (Å²) >= 11 is 20.8. The van der Waals surface area contributed by atoms with Crippen LogP contribution in [0.25, 0.3) is 16.6 Å². The Morgan fingerprint density at radius 3 is 1.21 bits per heavy atom. The van der Waals surface area contributed by atoms with E-state index in [9.17, 15) is 33.9 Å². The number of methoxy groups -OCH3 is 1. The summed E-state index contributed by atoms with van der Waals surface area (Å²) in [6, 6.07) is 74.5. The number of likely N-dealkylation sites (tertiary alicyclic amines) is 7. The van der Waals surface area contributed by atoms with Gasteiger partial charge in [-0.25, -0.2) is 44.7 Å². The highest BCUT2D eigenvalue weighted by molar-refractivity contribution is 9.11. The molecule has 0 bridgehead atoms. The van der Waals surface area contributed by atoms with Gasteiger partial charge in [-0.1, -0.05) is 209 Å². The van der Waals surface area contributed by atoms with Crippen molar-refractivity contribution in [2.24, 2.45) is 0 Å². The molecular formula is C114H149AlBr4Cl5N12O9P. The molecule has 8 fully saturated rings. The fraction of sp³-hybridized carbons (Fsp3) is 0.447. The van der Waals surface area contributed by atoms with Crippen molar-refractivity contribution in [2.75, 3.05) is 193 Å². The highest BCUT2D eigenvalue weighted by Gasteiger charge is 2.36. The van der Waals surface area contributed by atoms with E-state index in [1.807, 2.05) is 115 Å².